The number of nitrogens with zero attached hydrogens (tertiary/aromatic N) is 1. The van der Waals surface area contributed by atoms with Gasteiger partial charge in [0.25, 0.3) is 0 Å². The van der Waals surface area contributed by atoms with E-state index in [-0.39, 0.29) is 36.9 Å². The van der Waals surface area contributed by atoms with Crippen molar-refractivity contribution in [3.63, 3.8) is 0 Å². The van der Waals surface area contributed by atoms with Crippen molar-refractivity contribution in [3.05, 3.63) is 29.8 Å². The van der Waals surface area contributed by atoms with Crippen LogP contribution in [0.25, 0.3) is 0 Å². The van der Waals surface area contributed by atoms with E-state index in [1.807, 2.05) is 26.0 Å². The number of benzene rings is 1. The Morgan fingerprint density at radius 2 is 1.79 bits per heavy atom. The molecular weight excluding hydrogens is 310 g/mol. The van der Waals surface area contributed by atoms with Gasteiger partial charge in [-0.3, -0.25) is 9.59 Å². The third kappa shape index (κ3) is 4.96. The van der Waals surface area contributed by atoms with E-state index in [4.69, 9.17) is 9.47 Å². The third-order valence-corrected chi connectivity index (χ3v) is 4.20. The SMILES string of the molecule is COc1ccc(C(CC(=O)O)CC(=O)N2CC(C)OC(C)C2)cc1. The molecule has 1 aromatic carbocycles. The maximum atomic E-state index is 12.6. The molecular formula is C18H25NO5. The van der Waals surface area contributed by atoms with Gasteiger partial charge in [-0.15, -0.1) is 0 Å². The Morgan fingerprint density at radius 1 is 1.21 bits per heavy atom. The topological polar surface area (TPSA) is 76.1 Å². The number of methoxy groups -OCH3 is 1. The van der Waals surface area contributed by atoms with E-state index >= 15 is 0 Å². The van der Waals surface area contributed by atoms with Crippen LogP contribution in [0.15, 0.2) is 24.3 Å². The minimum absolute atomic E-state index is 0.00314. The molecule has 132 valence electrons. The molecule has 0 spiro atoms. The van der Waals surface area contributed by atoms with Gasteiger partial charge in [0.1, 0.15) is 5.75 Å². The maximum Gasteiger partial charge on any atom is 0.303 e. The highest BCUT2D eigenvalue weighted by molar-refractivity contribution is 5.78. The molecule has 0 aliphatic carbocycles. The van der Waals surface area contributed by atoms with Gasteiger partial charge >= 0.3 is 5.97 Å². The molecule has 1 saturated heterocycles. The molecule has 6 heteroatoms. The Hall–Kier alpha value is -2.08. The number of hydrogen-bond donors (Lipinski definition) is 1. The second kappa shape index (κ2) is 8.15. The number of carboxylic acid groups (broad SMARTS) is 1. The van der Waals surface area contributed by atoms with Crippen molar-refractivity contribution < 1.29 is 24.2 Å². The van der Waals surface area contributed by atoms with E-state index in [2.05, 4.69) is 0 Å². The average molecular weight is 335 g/mol. The number of rotatable bonds is 6. The average Bonchev–Trinajstić information content (AvgIpc) is 2.53. The van der Waals surface area contributed by atoms with Gasteiger partial charge < -0.3 is 19.5 Å². The Labute approximate surface area is 142 Å². The van der Waals surface area contributed by atoms with E-state index in [1.54, 1.807) is 24.1 Å². The van der Waals surface area contributed by atoms with Gasteiger partial charge in [0.15, 0.2) is 0 Å². The first-order chi connectivity index (χ1) is 11.4. The van der Waals surface area contributed by atoms with Crippen LogP contribution in [0.4, 0.5) is 0 Å². The number of amides is 1. The summed E-state index contributed by atoms with van der Waals surface area (Å²) >= 11 is 0. The minimum atomic E-state index is -0.910. The number of carbonyl (C=O) groups excluding carboxylic acids is 1. The summed E-state index contributed by atoms with van der Waals surface area (Å²) in [4.78, 5) is 25.6. The van der Waals surface area contributed by atoms with Gasteiger partial charge in [-0.05, 0) is 31.5 Å². The largest absolute Gasteiger partial charge is 0.497 e. The first-order valence-electron chi connectivity index (χ1n) is 8.18. The van der Waals surface area contributed by atoms with Crippen molar-refractivity contribution >= 4 is 11.9 Å². The van der Waals surface area contributed by atoms with E-state index in [1.165, 1.54) is 0 Å². The lowest BCUT2D eigenvalue weighted by molar-refractivity contribution is -0.144. The van der Waals surface area contributed by atoms with Crippen molar-refractivity contribution in [3.8, 4) is 5.75 Å². The first kappa shape index (κ1) is 18.3. The highest BCUT2D eigenvalue weighted by atomic mass is 16.5. The molecule has 1 aliphatic rings. The molecule has 1 aliphatic heterocycles. The Kier molecular flexibility index (Phi) is 6.20. The summed E-state index contributed by atoms with van der Waals surface area (Å²) in [5.74, 6) is -0.587. The van der Waals surface area contributed by atoms with E-state index < -0.39 is 5.97 Å². The van der Waals surface area contributed by atoms with Crippen LogP contribution in [-0.4, -0.2) is 54.3 Å². The number of carboxylic acids is 1. The summed E-state index contributed by atoms with van der Waals surface area (Å²) in [7, 11) is 1.58. The van der Waals surface area contributed by atoms with Crippen LogP contribution in [0, 0.1) is 0 Å². The van der Waals surface area contributed by atoms with Crippen LogP contribution in [-0.2, 0) is 14.3 Å². The Morgan fingerprint density at radius 3 is 2.29 bits per heavy atom. The maximum absolute atomic E-state index is 12.6. The van der Waals surface area contributed by atoms with Crippen molar-refractivity contribution in [1.82, 2.24) is 4.90 Å². The smallest absolute Gasteiger partial charge is 0.303 e. The highest BCUT2D eigenvalue weighted by Crippen LogP contribution is 2.27. The summed E-state index contributed by atoms with van der Waals surface area (Å²) in [6.07, 6.45) is 0.0965. The van der Waals surface area contributed by atoms with Crippen LogP contribution in [0.5, 0.6) is 5.75 Å². The lowest BCUT2D eigenvalue weighted by atomic mass is 9.91. The van der Waals surface area contributed by atoms with Gasteiger partial charge in [0, 0.05) is 25.4 Å². The normalized spacial score (nSPS) is 22.0. The number of carbonyl (C=O) groups is 2. The van der Waals surface area contributed by atoms with Crippen LogP contribution >= 0.6 is 0 Å². The van der Waals surface area contributed by atoms with Crippen molar-refractivity contribution in [2.24, 2.45) is 0 Å². The summed E-state index contributed by atoms with van der Waals surface area (Å²) in [5, 5.41) is 9.18. The molecule has 1 aromatic rings. The number of hydrogen-bond acceptors (Lipinski definition) is 4. The van der Waals surface area contributed by atoms with Crippen molar-refractivity contribution in [1.29, 1.82) is 0 Å². The predicted octanol–water partition coefficient (Wildman–Crippen LogP) is 2.28. The molecule has 24 heavy (non-hydrogen) atoms. The molecule has 0 saturated carbocycles. The minimum Gasteiger partial charge on any atom is -0.497 e. The zero-order valence-corrected chi connectivity index (χ0v) is 14.4. The summed E-state index contributed by atoms with van der Waals surface area (Å²) in [5.41, 5.74) is 0.834. The second-order valence-corrected chi connectivity index (χ2v) is 6.33. The fraction of sp³-hybridized carbons (Fsp3) is 0.556. The fourth-order valence-electron chi connectivity index (χ4n) is 3.12. The Bertz CT molecular complexity index is 561. The van der Waals surface area contributed by atoms with Gasteiger partial charge in [0.2, 0.25) is 5.91 Å². The molecule has 1 heterocycles. The van der Waals surface area contributed by atoms with E-state index in [9.17, 15) is 14.7 Å². The lowest BCUT2D eigenvalue weighted by Crippen LogP contribution is -2.48. The molecule has 0 radical (unpaired) electrons. The molecule has 6 nitrogen and oxygen atoms in total. The number of ether oxygens (including phenoxy) is 2. The second-order valence-electron chi connectivity index (χ2n) is 6.33. The molecule has 0 aromatic heterocycles. The molecule has 0 bridgehead atoms. The summed E-state index contributed by atoms with van der Waals surface area (Å²) < 4.78 is 10.8. The number of aliphatic carboxylic acids is 1. The summed E-state index contributed by atoms with van der Waals surface area (Å²) in [6, 6.07) is 7.22. The van der Waals surface area contributed by atoms with Crippen LogP contribution in [0.2, 0.25) is 0 Å². The molecule has 3 unspecified atom stereocenters. The Balaban J connectivity index is 2.09. The zero-order chi connectivity index (χ0) is 17.7. The van der Waals surface area contributed by atoms with Crippen LogP contribution in [0.3, 0.4) is 0 Å². The van der Waals surface area contributed by atoms with Gasteiger partial charge in [0.05, 0.1) is 25.7 Å². The molecule has 3 atom stereocenters. The standard InChI is InChI=1S/C18H25NO5/c1-12-10-19(11-13(2)24-12)17(20)8-15(9-18(21)22)14-4-6-16(23-3)7-5-14/h4-7,12-13,15H,8-11H2,1-3H3,(H,21,22). The first-order valence-corrected chi connectivity index (χ1v) is 8.18. The molecule has 1 amide bonds. The van der Waals surface area contributed by atoms with Crippen LogP contribution in [0.1, 0.15) is 38.2 Å². The number of morpholine rings is 1. The van der Waals surface area contributed by atoms with Crippen LogP contribution < -0.4 is 4.74 Å². The monoisotopic (exact) mass is 335 g/mol. The molecule has 1 fully saturated rings. The molecule has 2 rings (SSSR count). The quantitative estimate of drug-likeness (QED) is 0.863. The summed E-state index contributed by atoms with van der Waals surface area (Å²) in [6.45, 7) is 4.97. The van der Waals surface area contributed by atoms with Gasteiger partial charge in [-0.1, -0.05) is 12.1 Å². The van der Waals surface area contributed by atoms with Gasteiger partial charge in [-0.25, -0.2) is 0 Å². The highest BCUT2D eigenvalue weighted by Gasteiger charge is 2.28. The van der Waals surface area contributed by atoms with Gasteiger partial charge in [-0.2, -0.15) is 0 Å². The third-order valence-electron chi connectivity index (χ3n) is 4.20. The lowest BCUT2D eigenvalue weighted by Gasteiger charge is -2.36. The fourth-order valence-corrected chi connectivity index (χ4v) is 3.12. The van der Waals surface area contributed by atoms with Crippen molar-refractivity contribution in [2.45, 2.75) is 44.8 Å². The zero-order valence-electron chi connectivity index (χ0n) is 14.4. The molecule has 1 N–H and O–H groups in total. The predicted molar refractivity (Wildman–Crippen MR) is 89.2 cm³/mol. The van der Waals surface area contributed by atoms with E-state index in [0.717, 1.165) is 5.56 Å². The van der Waals surface area contributed by atoms with Crippen molar-refractivity contribution in [2.75, 3.05) is 20.2 Å². The van der Waals surface area contributed by atoms with E-state index in [0.29, 0.717) is 18.8 Å².